The Labute approximate surface area is 91.3 Å². The van der Waals surface area contributed by atoms with E-state index < -0.39 is 0 Å². The van der Waals surface area contributed by atoms with E-state index in [-0.39, 0.29) is 5.28 Å². The number of nitrogens with zero attached hydrogens (tertiary/aromatic N) is 3. The summed E-state index contributed by atoms with van der Waals surface area (Å²) < 4.78 is 0.855. The Morgan fingerprint density at radius 1 is 1.54 bits per heavy atom. The van der Waals surface area contributed by atoms with Crippen LogP contribution in [0.15, 0.2) is 10.7 Å². The molecular formula is C8H11BrClN3. The average Bonchev–Trinajstić information content (AvgIpc) is 2.08. The number of halogens is 2. The van der Waals surface area contributed by atoms with E-state index in [1.54, 1.807) is 6.20 Å². The van der Waals surface area contributed by atoms with Gasteiger partial charge in [-0.05, 0) is 41.4 Å². The van der Waals surface area contributed by atoms with Crippen molar-refractivity contribution in [3.8, 4) is 0 Å². The molecule has 1 rings (SSSR count). The average molecular weight is 265 g/mol. The van der Waals surface area contributed by atoms with Crippen LogP contribution in [0.1, 0.15) is 13.8 Å². The van der Waals surface area contributed by atoms with Crippen molar-refractivity contribution in [1.29, 1.82) is 0 Å². The fourth-order valence-electron chi connectivity index (χ4n) is 0.829. The second-order valence-corrected chi connectivity index (χ2v) is 4.21. The maximum absolute atomic E-state index is 5.70. The van der Waals surface area contributed by atoms with Gasteiger partial charge in [0, 0.05) is 19.3 Å². The monoisotopic (exact) mass is 263 g/mol. The third-order valence-electron chi connectivity index (χ3n) is 1.80. The number of hydrogen-bond acceptors (Lipinski definition) is 3. The van der Waals surface area contributed by atoms with Gasteiger partial charge in [0.25, 0.3) is 0 Å². The van der Waals surface area contributed by atoms with Crippen molar-refractivity contribution in [3.05, 3.63) is 16.0 Å². The van der Waals surface area contributed by atoms with Gasteiger partial charge >= 0.3 is 0 Å². The van der Waals surface area contributed by atoms with E-state index >= 15 is 0 Å². The summed E-state index contributed by atoms with van der Waals surface area (Å²) in [4.78, 5) is 10.0. The Hall–Kier alpha value is -0.350. The molecule has 0 saturated carbocycles. The molecule has 1 aromatic rings. The van der Waals surface area contributed by atoms with Gasteiger partial charge in [0.15, 0.2) is 0 Å². The fourth-order valence-corrected chi connectivity index (χ4v) is 1.43. The number of aromatic nitrogens is 2. The first-order chi connectivity index (χ1) is 6.02. The van der Waals surface area contributed by atoms with E-state index in [1.807, 2.05) is 11.9 Å². The van der Waals surface area contributed by atoms with Crippen LogP contribution in [0.5, 0.6) is 0 Å². The molecule has 0 aliphatic rings. The lowest BCUT2D eigenvalue weighted by atomic mass is 10.3. The van der Waals surface area contributed by atoms with Crippen molar-refractivity contribution in [2.45, 2.75) is 19.9 Å². The van der Waals surface area contributed by atoms with Gasteiger partial charge in [-0.2, -0.15) is 4.98 Å². The number of rotatable bonds is 2. The molecular weight excluding hydrogens is 253 g/mol. The summed E-state index contributed by atoms with van der Waals surface area (Å²) in [5, 5.41) is 0.269. The molecule has 0 aliphatic carbocycles. The summed E-state index contributed by atoms with van der Waals surface area (Å²) in [6.45, 7) is 4.17. The van der Waals surface area contributed by atoms with Crippen molar-refractivity contribution in [2.75, 3.05) is 11.9 Å². The van der Waals surface area contributed by atoms with E-state index in [4.69, 9.17) is 11.6 Å². The van der Waals surface area contributed by atoms with Crippen molar-refractivity contribution < 1.29 is 0 Å². The first-order valence-electron chi connectivity index (χ1n) is 3.93. The van der Waals surface area contributed by atoms with Crippen LogP contribution >= 0.6 is 27.5 Å². The van der Waals surface area contributed by atoms with E-state index in [0.717, 1.165) is 10.3 Å². The molecule has 13 heavy (non-hydrogen) atoms. The Morgan fingerprint density at radius 2 is 2.15 bits per heavy atom. The largest absolute Gasteiger partial charge is 0.356 e. The molecule has 0 aliphatic heterocycles. The fraction of sp³-hybridized carbons (Fsp3) is 0.500. The highest BCUT2D eigenvalue weighted by atomic mass is 79.9. The number of anilines is 1. The molecule has 0 spiro atoms. The third-order valence-corrected chi connectivity index (χ3v) is 2.55. The quantitative estimate of drug-likeness (QED) is 0.769. The van der Waals surface area contributed by atoms with Gasteiger partial charge < -0.3 is 4.90 Å². The zero-order chi connectivity index (χ0) is 10.0. The van der Waals surface area contributed by atoms with Gasteiger partial charge in [0.1, 0.15) is 5.82 Å². The lowest BCUT2D eigenvalue weighted by Crippen LogP contribution is -2.27. The van der Waals surface area contributed by atoms with Crippen LogP contribution in [-0.2, 0) is 0 Å². The molecule has 3 nitrogen and oxygen atoms in total. The van der Waals surface area contributed by atoms with Crippen molar-refractivity contribution in [2.24, 2.45) is 0 Å². The maximum atomic E-state index is 5.70. The van der Waals surface area contributed by atoms with Crippen LogP contribution < -0.4 is 4.90 Å². The Kier molecular flexibility index (Phi) is 3.50. The van der Waals surface area contributed by atoms with Crippen LogP contribution in [0.4, 0.5) is 5.82 Å². The van der Waals surface area contributed by atoms with E-state index in [1.165, 1.54) is 0 Å². The standard InChI is InChI=1S/C8H11BrClN3/c1-5(2)13(3)7-6(9)4-11-8(10)12-7/h4-5H,1-3H3. The van der Waals surface area contributed by atoms with Crippen LogP contribution in [0, 0.1) is 0 Å². The minimum Gasteiger partial charge on any atom is -0.356 e. The SMILES string of the molecule is CC(C)N(C)c1nc(Cl)ncc1Br. The molecule has 0 bridgehead atoms. The summed E-state index contributed by atoms with van der Waals surface area (Å²) >= 11 is 9.07. The Morgan fingerprint density at radius 3 is 2.69 bits per heavy atom. The van der Waals surface area contributed by atoms with E-state index in [0.29, 0.717) is 6.04 Å². The lowest BCUT2D eigenvalue weighted by Gasteiger charge is -2.23. The molecule has 0 radical (unpaired) electrons. The smallest absolute Gasteiger partial charge is 0.224 e. The second-order valence-electron chi connectivity index (χ2n) is 3.02. The summed E-state index contributed by atoms with van der Waals surface area (Å²) in [5.74, 6) is 0.815. The summed E-state index contributed by atoms with van der Waals surface area (Å²) in [6.07, 6.45) is 1.66. The molecule has 1 aromatic heterocycles. The third kappa shape index (κ3) is 2.54. The highest BCUT2D eigenvalue weighted by molar-refractivity contribution is 9.10. The number of hydrogen-bond donors (Lipinski definition) is 0. The Bertz CT molecular complexity index is 303. The molecule has 72 valence electrons. The maximum Gasteiger partial charge on any atom is 0.224 e. The molecule has 0 amide bonds. The molecule has 0 unspecified atom stereocenters. The van der Waals surface area contributed by atoms with Gasteiger partial charge in [-0.1, -0.05) is 0 Å². The van der Waals surface area contributed by atoms with Crippen molar-refractivity contribution in [1.82, 2.24) is 9.97 Å². The molecule has 0 saturated heterocycles. The van der Waals surface area contributed by atoms with Crippen LogP contribution in [-0.4, -0.2) is 23.1 Å². The van der Waals surface area contributed by atoms with E-state index in [9.17, 15) is 0 Å². The first-order valence-corrected chi connectivity index (χ1v) is 5.10. The zero-order valence-electron chi connectivity index (χ0n) is 7.75. The molecule has 0 fully saturated rings. The summed E-state index contributed by atoms with van der Waals surface area (Å²) in [6, 6.07) is 0.377. The van der Waals surface area contributed by atoms with Crippen LogP contribution in [0.2, 0.25) is 5.28 Å². The summed E-state index contributed by atoms with van der Waals surface area (Å²) in [5.41, 5.74) is 0. The van der Waals surface area contributed by atoms with Crippen molar-refractivity contribution >= 4 is 33.3 Å². The van der Waals surface area contributed by atoms with Gasteiger partial charge in [0.2, 0.25) is 5.28 Å². The molecule has 0 aromatic carbocycles. The predicted octanol–water partition coefficient (Wildman–Crippen LogP) is 2.74. The second kappa shape index (κ2) is 4.24. The van der Waals surface area contributed by atoms with Gasteiger partial charge in [-0.3, -0.25) is 0 Å². The normalized spacial score (nSPS) is 10.6. The van der Waals surface area contributed by atoms with Crippen LogP contribution in [0.3, 0.4) is 0 Å². The van der Waals surface area contributed by atoms with Gasteiger partial charge in [-0.15, -0.1) is 0 Å². The van der Waals surface area contributed by atoms with Gasteiger partial charge in [-0.25, -0.2) is 4.98 Å². The minimum absolute atomic E-state index is 0.269. The minimum atomic E-state index is 0.269. The Balaban J connectivity index is 3.05. The highest BCUT2D eigenvalue weighted by Crippen LogP contribution is 2.24. The summed E-state index contributed by atoms with van der Waals surface area (Å²) in [7, 11) is 1.97. The zero-order valence-corrected chi connectivity index (χ0v) is 10.1. The van der Waals surface area contributed by atoms with Gasteiger partial charge in [0.05, 0.1) is 4.47 Å². The predicted molar refractivity (Wildman–Crippen MR) is 58.3 cm³/mol. The molecule has 5 heteroatoms. The topological polar surface area (TPSA) is 29.0 Å². The van der Waals surface area contributed by atoms with Crippen LogP contribution in [0.25, 0.3) is 0 Å². The molecule has 1 heterocycles. The van der Waals surface area contributed by atoms with Crippen molar-refractivity contribution in [3.63, 3.8) is 0 Å². The molecule has 0 atom stereocenters. The lowest BCUT2D eigenvalue weighted by molar-refractivity contribution is 0.739. The highest BCUT2D eigenvalue weighted by Gasteiger charge is 2.11. The van der Waals surface area contributed by atoms with E-state index in [2.05, 4.69) is 39.7 Å². The first kappa shape index (κ1) is 10.7. The molecule has 0 N–H and O–H groups in total.